The Morgan fingerprint density at radius 3 is 2.62 bits per heavy atom. The van der Waals surface area contributed by atoms with Crippen LogP contribution in [0.1, 0.15) is 50.3 Å². The van der Waals surface area contributed by atoms with Gasteiger partial charge >= 0.3 is 0 Å². The molecule has 0 heterocycles. The summed E-state index contributed by atoms with van der Waals surface area (Å²) in [6.07, 6.45) is 3.29. The summed E-state index contributed by atoms with van der Waals surface area (Å²) >= 11 is 0. The summed E-state index contributed by atoms with van der Waals surface area (Å²) in [6, 6.07) is 5.26. The van der Waals surface area contributed by atoms with Crippen LogP contribution in [0.3, 0.4) is 0 Å². The third-order valence-corrected chi connectivity index (χ3v) is 3.06. The number of hydrogen-bond donors (Lipinski definition) is 1. The molecule has 0 amide bonds. The van der Waals surface area contributed by atoms with Gasteiger partial charge in [0.05, 0.1) is 0 Å². The fraction of sp³-hybridized carbons (Fsp3) is 0.571. The summed E-state index contributed by atoms with van der Waals surface area (Å²) in [5.74, 6) is 0.445. The van der Waals surface area contributed by atoms with Gasteiger partial charge in [0.15, 0.2) is 0 Å². The van der Waals surface area contributed by atoms with Crippen molar-refractivity contribution in [3.63, 3.8) is 0 Å². The van der Waals surface area contributed by atoms with Gasteiger partial charge in [-0.05, 0) is 36.5 Å². The summed E-state index contributed by atoms with van der Waals surface area (Å²) in [5.41, 5.74) is 7.67. The van der Waals surface area contributed by atoms with E-state index in [1.165, 1.54) is 12.8 Å². The molecule has 0 saturated heterocycles. The average Bonchev–Trinajstić information content (AvgIpc) is 2.22. The van der Waals surface area contributed by atoms with E-state index in [4.69, 9.17) is 5.73 Å². The molecular weight excluding hydrogens is 201 g/mol. The highest BCUT2D eigenvalue weighted by molar-refractivity contribution is 5.25. The molecule has 0 saturated carbocycles. The maximum Gasteiger partial charge on any atom is 0.126 e. The average molecular weight is 223 g/mol. The van der Waals surface area contributed by atoms with Gasteiger partial charge in [0.1, 0.15) is 5.82 Å². The highest BCUT2D eigenvalue weighted by Gasteiger charge is 2.11. The number of benzene rings is 1. The second kappa shape index (κ2) is 6.00. The molecule has 90 valence electrons. The molecule has 1 aromatic rings. The number of aryl methyl sites for hydroxylation is 1. The zero-order valence-corrected chi connectivity index (χ0v) is 10.5. The Bertz CT molecular complexity index is 336. The lowest BCUT2D eigenvalue weighted by atomic mass is 9.93. The monoisotopic (exact) mass is 223 g/mol. The van der Waals surface area contributed by atoms with Crippen molar-refractivity contribution in [3.8, 4) is 0 Å². The molecule has 0 spiro atoms. The second-order valence-corrected chi connectivity index (χ2v) is 4.74. The van der Waals surface area contributed by atoms with Gasteiger partial charge in [-0.2, -0.15) is 0 Å². The molecule has 0 radical (unpaired) electrons. The molecule has 1 nitrogen and oxygen atoms in total. The van der Waals surface area contributed by atoms with Crippen LogP contribution >= 0.6 is 0 Å². The van der Waals surface area contributed by atoms with Gasteiger partial charge in [-0.15, -0.1) is 0 Å². The molecule has 0 aromatic heterocycles. The molecule has 1 aromatic carbocycles. The van der Waals surface area contributed by atoms with E-state index < -0.39 is 0 Å². The van der Waals surface area contributed by atoms with Gasteiger partial charge in [-0.25, -0.2) is 4.39 Å². The van der Waals surface area contributed by atoms with E-state index in [0.717, 1.165) is 12.0 Å². The van der Waals surface area contributed by atoms with Crippen LogP contribution < -0.4 is 5.73 Å². The molecule has 0 aliphatic carbocycles. The Labute approximate surface area is 97.9 Å². The zero-order chi connectivity index (χ0) is 12.1. The van der Waals surface area contributed by atoms with Gasteiger partial charge in [-0.1, -0.05) is 38.8 Å². The lowest BCUT2D eigenvalue weighted by Gasteiger charge is -2.17. The molecule has 2 N–H and O–H groups in total. The van der Waals surface area contributed by atoms with Crippen molar-refractivity contribution in [2.45, 2.75) is 46.1 Å². The Morgan fingerprint density at radius 1 is 1.38 bits per heavy atom. The lowest BCUT2D eigenvalue weighted by molar-refractivity contribution is 0.439. The maximum absolute atomic E-state index is 13.4. The first-order chi connectivity index (χ1) is 7.54. The summed E-state index contributed by atoms with van der Waals surface area (Å²) < 4.78 is 13.4. The lowest BCUT2D eigenvalue weighted by Crippen LogP contribution is -2.14. The van der Waals surface area contributed by atoms with E-state index in [1.807, 2.05) is 6.07 Å². The van der Waals surface area contributed by atoms with E-state index in [9.17, 15) is 4.39 Å². The minimum absolute atomic E-state index is 0.0448. The Balaban J connectivity index is 2.65. The van der Waals surface area contributed by atoms with Crippen LogP contribution in [0.5, 0.6) is 0 Å². The maximum atomic E-state index is 13.4. The fourth-order valence-electron chi connectivity index (χ4n) is 2.02. The molecule has 2 heteroatoms. The minimum Gasteiger partial charge on any atom is -0.324 e. The minimum atomic E-state index is -0.156. The Hall–Kier alpha value is -0.890. The third kappa shape index (κ3) is 3.60. The van der Waals surface area contributed by atoms with Crippen molar-refractivity contribution < 1.29 is 4.39 Å². The highest BCUT2D eigenvalue weighted by Crippen LogP contribution is 2.23. The molecule has 0 aliphatic heterocycles. The molecule has 0 fully saturated rings. The highest BCUT2D eigenvalue weighted by atomic mass is 19.1. The van der Waals surface area contributed by atoms with E-state index in [0.29, 0.717) is 11.5 Å². The third-order valence-electron chi connectivity index (χ3n) is 3.06. The van der Waals surface area contributed by atoms with Crippen molar-refractivity contribution >= 4 is 0 Å². The van der Waals surface area contributed by atoms with Gasteiger partial charge in [0.25, 0.3) is 0 Å². The van der Waals surface area contributed by atoms with Crippen LogP contribution in [0.2, 0.25) is 0 Å². The van der Waals surface area contributed by atoms with Crippen molar-refractivity contribution in [2.24, 2.45) is 11.7 Å². The summed E-state index contributed by atoms with van der Waals surface area (Å²) in [6.45, 7) is 6.14. The molecule has 0 aliphatic rings. The number of nitrogens with two attached hydrogens (primary N) is 1. The standard InChI is InChI=1S/C14H22FN/c1-4-5-10(2)8-14(16)12-7-6-11(3)13(15)9-12/h6-7,9-10,14H,4-5,8,16H2,1-3H3. The molecule has 1 rings (SSSR count). The van der Waals surface area contributed by atoms with Crippen LogP contribution in [0, 0.1) is 18.7 Å². The molecule has 2 unspecified atom stereocenters. The largest absolute Gasteiger partial charge is 0.324 e. The second-order valence-electron chi connectivity index (χ2n) is 4.74. The van der Waals surface area contributed by atoms with Gasteiger partial charge in [0.2, 0.25) is 0 Å². The van der Waals surface area contributed by atoms with Gasteiger partial charge < -0.3 is 5.73 Å². The summed E-state index contributed by atoms with van der Waals surface area (Å²) in [5, 5.41) is 0. The van der Waals surface area contributed by atoms with Crippen LogP contribution in [0.25, 0.3) is 0 Å². The first-order valence-electron chi connectivity index (χ1n) is 6.06. The van der Waals surface area contributed by atoms with E-state index in [2.05, 4.69) is 13.8 Å². The summed E-state index contributed by atoms with van der Waals surface area (Å²) in [4.78, 5) is 0. The quantitative estimate of drug-likeness (QED) is 0.803. The van der Waals surface area contributed by atoms with Crippen molar-refractivity contribution in [3.05, 3.63) is 35.1 Å². The zero-order valence-electron chi connectivity index (χ0n) is 10.5. The predicted octanol–water partition coefficient (Wildman–Crippen LogP) is 3.96. The van der Waals surface area contributed by atoms with Crippen molar-refractivity contribution in [2.75, 3.05) is 0 Å². The molecule has 16 heavy (non-hydrogen) atoms. The van der Waals surface area contributed by atoms with E-state index in [-0.39, 0.29) is 11.9 Å². The first kappa shape index (κ1) is 13.2. The fourth-order valence-corrected chi connectivity index (χ4v) is 2.02. The molecule has 0 bridgehead atoms. The van der Waals surface area contributed by atoms with Gasteiger partial charge in [0, 0.05) is 6.04 Å². The molecular formula is C14H22FN. The SMILES string of the molecule is CCCC(C)CC(N)c1ccc(C)c(F)c1. The Morgan fingerprint density at radius 2 is 2.06 bits per heavy atom. The predicted molar refractivity (Wildman–Crippen MR) is 66.8 cm³/mol. The topological polar surface area (TPSA) is 26.0 Å². The Kier molecular flexibility index (Phi) is 4.94. The molecule has 2 atom stereocenters. The number of rotatable bonds is 5. The summed E-state index contributed by atoms with van der Waals surface area (Å²) in [7, 11) is 0. The van der Waals surface area contributed by atoms with Gasteiger partial charge in [-0.3, -0.25) is 0 Å². The van der Waals surface area contributed by atoms with Crippen molar-refractivity contribution in [1.29, 1.82) is 0 Å². The van der Waals surface area contributed by atoms with E-state index in [1.54, 1.807) is 19.1 Å². The van der Waals surface area contributed by atoms with Crippen LogP contribution in [-0.4, -0.2) is 0 Å². The normalized spacial score (nSPS) is 14.8. The number of halogens is 1. The first-order valence-corrected chi connectivity index (χ1v) is 6.06. The van der Waals surface area contributed by atoms with Crippen molar-refractivity contribution in [1.82, 2.24) is 0 Å². The number of hydrogen-bond acceptors (Lipinski definition) is 1. The van der Waals surface area contributed by atoms with Crippen LogP contribution in [-0.2, 0) is 0 Å². The van der Waals surface area contributed by atoms with Crippen LogP contribution in [0.15, 0.2) is 18.2 Å². The van der Waals surface area contributed by atoms with E-state index >= 15 is 0 Å². The smallest absolute Gasteiger partial charge is 0.126 e. The van der Waals surface area contributed by atoms with Crippen LogP contribution in [0.4, 0.5) is 4.39 Å².